The predicted octanol–water partition coefficient (Wildman–Crippen LogP) is 7.57. The second kappa shape index (κ2) is 11.9. The number of hydrogen-bond acceptors (Lipinski definition) is 7. The van der Waals surface area contributed by atoms with Crippen LogP contribution in [-0.2, 0) is 24.0 Å². The Labute approximate surface area is 257 Å². The summed E-state index contributed by atoms with van der Waals surface area (Å²) in [7, 11) is 0. The molecule has 0 radical (unpaired) electrons. The number of halogens is 3. The van der Waals surface area contributed by atoms with Gasteiger partial charge >= 0.3 is 6.18 Å². The molecule has 1 unspecified atom stereocenters. The van der Waals surface area contributed by atoms with Crippen LogP contribution in [0.1, 0.15) is 57.9 Å². The number of nitrogens with one attached hydrogen (secondary N) is 1. The molecule has 3 aromatic rings. The molecule has 3 aromatic carbocycles. The van der Waals surface area contributed by atoms with Gasteiger partial charge in [-0.3, -0.25) is 14.9 Å². The van der Waals surface area contributed by atoms with Crippen molar-refractivity contribution in [1.29, 1.82) is 5.26 Å². The average molecular weight is 623 g/mol. The molecule has 11 heteroatoms. The number of carbonyl (C=O) groups excluding carboxylic acids is 2. The first-order valence-electron chi connectivity index (χ1n) is 13.8. The fourth-order valence-electron chi connectivity index (χ4n) is 5.22. The number of ether oxygens (including phenoxy) is 3. The Morgan fingerprint density at radius 2 is 1.80 bits per heavy atom. The van der Waals surface area contributed by atoms with Crippen molar-refractivity contribution in [2.75, 3.05) is 6.61 Å². The van der Waals surface area contributed by atoms with E-state index in [1.807, 2.05) is 39.8 Å². The number of nitriles is 1. The second-order valence-electron chi connectivity index (χ2n) is 11.1. The highest BCUT2D eigenvalue weighted by Crippen LogP contribution is 2.45. The molecule has 5 rings (SSSR count). The Morgan fingerprint density at radius 1 is 1.07 bits per heavy atom. The maximum absolute atomic E-state index is 14.0. The first-order chi connectivity index (χ1) is 20.8. The van der Waals surface area contributed by atoms with Crippen LogP contribution in [0.2, 0.25) is 0 Å². The first-order valence-corrected chi connectivity index (χ1v) is 14.6. The van der Waals surface area contributed by atoms with Crippen molar-refractivity contribution in [2.45, 2.75) is 58.9 Å². The van der Waals surface area contributed by atoms with Crippen LogP contribution in [-0.4, -0.2) is 23.4 Å². The number of benzene rings is 3. The van der Waals surface area contributed by atoms with Gasteiger partial charge in [0.2, 0.25) is 0 Å². The second-order valence-corrected chi connectivity index (χ2v) is 12.1. The van der Waals surface area contributed by atoms with Crippen molar-refractivity contribution in [1.82, 2.24) is 5.32 Å². The van der Waals surface area contributed by atoms with E-state index >= 15 is 0 Å². The summed E-state index contributed by atoms with van der Waals surface area (Å²) in [6.07, 6.45) is -2.36. The summed E-state index contributed by atoms with van der Waals surface area (Å²) in [5.41, 5.74) is 3.45. The summed E-state index contributed by atoms with van der Waals surface area (Å²) in [4.78, 5) is 23.3. The lowest BCUT2D eigenvalue weighted by Crippen LogP contribution is -2.42. The molecule has 228 valence electrons. The number of carbonyl (C=O) groups is 2. The van der Waals surface area contributed by atoms with Crippen LogP contribution in [0.5, 0.6) is 17.2 Å². The van der Waals surface area contributed by atoms with E-state index in [-0.39, 0.29) is 22.8 Å². The third kappa shape index (κ3) is 6.40. The van der Waals surface area contributed by atoms with Gasteiger partial charge in [-0.2, -0.15) is 18.4 Å². The number of imide groups is 1. The lowest BCUT2D eigenvalue weighted by molar-refractivity contribution is -0.139. The summed E-state index contributed by atoms with van der Waals surface area (Å²) in [5.74, 6) is 0.438. The molecule has 2 heterocycles. The molecule has 1 atom stereocenters. The first kappa shape index (κ1) is 31.0. The van der Waals surface area contributed by atoms with E-state index in [0.29, 0.717) is 42.5 Å². The zero-order chi connectivity index (χ0) is 31.8. The summed E-state index contributed by atoms with van der Waals surface area (Å²) in [6.45, 7) is 7.86. The van der Waals surface area contributed by atoms with Crippen molar-refractivity contribution in [3.05, 3.63) is 91.9 Å². The van der Waals surface area contributed by atoms with Crippen LogP contribution in [0.15, 0.2) is 47.4 Å². The van der Waals surface area contributed by atoms with Crippen LogP contribution >= 0.6 is 11.8 Å². The molecule has 1 N–H and O–H groups in total. The van der Waals surface area contributed by atoms with Crippen LogP contribution in [0.3, 0.4) is 0 Å². The van der Waals surface area contributed by atoms with E-state index in [2.05, 4.69) is 11.4 Å². The normalized spacial score (nSPS) is 18.8. The average Bonchev–Trinajstić information content (AvgIpc) is 3.30. The van der Waals surface area contributed by atoms with E-state index < -0.39 is 28.5 Å². The number of nitrogens with zero attached hydrogens (tertiary/aromatic N) is 1. The largest absolute Gasteiger partial charge is 0.489 e. The molecule has 1 fully saturated rings. The van der Waals surface area contributed by atoms with Crippen molar-refractivity contribution in [2.24, 2.45) is 0 Å². The van der Waals surface area contributed by atoms with E-state index in [1.54, 1.807) is 12.1 Å². The third-order valence-electron chi connectivity index (χ3n) is 7.81. The lowest BCUT2D eigenvalue weighted by Gasteiger charge is -2.38. The Morgan fingerprint density at radius 3 is 2.43 bits per heavy atom. The summed E-state index contributed by atoms with van der Waals surface area (Å²) < 4.78 is 60.5. The van der Waals surface area contributed by atoms with E-state index in [4.69, 9.17) is 19.5 Å². The SMILES string of the molecule is Cc1c(C)c2c(c(C)c1OCc1ccc(C#N)cc1)CCC(C)(COc1ccc(/C=C3/SC(=O)NC3=O)cc1C(F)(F)F)O2. The number of fused-ring (bicyclic) bond motifs is 1. The molecular formula is C33H29F3N2O5S. The lowest BCUT2D eigenvalue weighted by atomic mass is 9.87. The molecule has 0 aliphatic carbocycles. The molecule has 2 aliphatic heterocycles. The Hall–Kier alpha value is -4.43. The minimum absolute atomic E-state index is 0.0161. The summed E-state index contributed by atoms with van der Waals surface area (Å²) in [5, 5.41) is 10.5. The molecule has 7 nitrogen and oxygen atoms in total. The molecule has 0 saturated carbocycles. The van der Waals surface area contributed by atoms with Gasteiger partial charge in [0.05, 0.1) is 22.1 Å². The van der Waals surface area contributed by atoms with Crippen LogP contribution < -0.4 is 19.5 Å². The molecule has 0 spiro atoms. The molecule has 0 aromatic heterocycles. The molecule has 2 amide bonds. The molecule has 2 aliphatic rings. The number of thioether (sulfide) groups is 1. The van der Waals surface area contributed by atoms with E-state index in [1.165, 1.54) is 18.2 Å². The van der Waals surface area contributed by atoms with E-state index in [0.717, 1.165) is 39.6 Å². The van der Waals surface area contributed by atoms with Crippen LogP contribution in [0.4, 0.5) is 18.0 Å². The number of hydrogen-bond donors (Lipinski definition) is 1. The highest BCUT2D eigenvalue weighted by atomic mass is 32.2. The molecule has 1 saturated heterocycles. The van der Waals surface area contributed by atoms with Crippen molar-refractivity contribution < 1.29 is 37.0 Å². The third-order valence-corrected chi connectivity index (χ3v) is 8.62. The standard InChI is InChI=1S/C33H29F3N2O5S/c1-18-19(2)29-24(20(3)28(18)41-16-22-7-5-21(15-37)6-8-22)11-12-32(4,43-29)17-42-26-10-9-23(13-25(26)33(34,35)36)14-27-30(39)38-31(40)44-27/h5-10,13-14H,11-12,16-17H2,1-4H3,(H,38,39,40)/b27-14+. The smallest absolute Gasteiger partial charge is 0.419 e. The van der Waals surface area contributed by atoms with Gasteiger partial charge in [-0.15, -0.1) is 0 Å². The Kier molecular flexibility index (Phi) is 8.40. The highest BCUT2D eigenvalue weighted by molar-refractivity contribution is 8.18. The van der Waals surface area contributed by atoms with Gasteiger partial charge in [0, 0.05) is 5.56 Å². The van der Waals surface area contributed by atoms with Gasteiger partial charge in [0.1, 0.15) is 36.1 Å². The zero-order valence-corrected chi connectivity index (χ0v) is 25.3. The van der Waals surface area contributed by atoms with Gasteiger partial charge in [-0.1, -0.05) is 18.2 Å². The van der Waals surface area contributed by atoms with Crippen molar-refractivity contribution >= 4 is 29.0 Å². The van der Waals surface area contributed by atoms with Gasteiger partial charge < -0.3 is 14.2 Å². The summed E-state index contributed by atoms with van der Waals surface area (Å²) >= 11 is 0.631. The fourth-order valence-corrected chi connectivity index (χ4v) is 5.90. The quantitative estimate of drug-likeness (QED) is 0.272. The van der Waals surface area contributed by atoms with Crippen molar-refractivity contribution in [3.8, 4) is 23.3 Å². The minimum atomic E-state index is -4.72. The number of rotatable bonds is 7. The molecule has 0 bridgehead atoms. The topological polar surface area (TPSA) is 97.6 Å². The highest BCUT2D eigenvalue weighted by Gasteiger charge is 2.38. The van der Waals surface area contributed by atoms with Crippen LogP contribution in [0.25, 0.3) is 6.08 Å². The maximum Gasteiger partial charge on any atom is 0.419 e. The molecular weight excluding hydrogens is 593 g/mol. The van der Waals surface area contributed by atoms with Gasteiger partial charge in [-0.25, -0.2) is 0 Å². The van der Waals surface area contributed by atoms with Crippen LogP contribution in [0, 0.1) is 32.1 Å². The maximum atomic E-state index is 14.0. The fraction of sp³-hybridized carbons (Fsp3) is 0.303. The molecule has 44 heavy (non-hydrogen) atoms. The Balaban J connectivity index is 1.33. The summed E-state index contributed by atoms with van der Waals surface area (Å²) in [6, 6.07) is 12.8. The van der Waals surface area contributed by atoms with E-state index in [9.17, 15) is 22.8 Å². The predicted molar refractivity (Wildman–Crippen MR) is 160 cm³/mol. The van der Waals surface area contributed by atoms with Gasteiger partial charge in [0.25, 0.3) is 11.1 Å². The number of amides is 2. The van der Waals surface area contributed by atoms with Gasteiger partial charge in [0.15, 0.2) is 0 Å². The zero-order valence-electron chi connectivity index (χ0n) is 24.5. The van der Waals surface area contributed by atoms with Gasteiger partial charge in [-0.05, 0) is 110 Å². The number of alkyl halides is 3. The minimum Gasteiger partial charge on any atom is -0.489 e. The monoisotopic (exact) mass is 622 g/mol. The Bertz CT molecular complexity index is 1730. The van der Waals surface area contributed by atoms with Crippen molar-refractivity contribution in [3.63, 3.8) is 0 Å².